The second-order valence-corrected chi connectivity index (χ2v) is 7.21. The topological polar surface area (TPSA) is 50.4 Å². The summed E-state index contributed by atoms with van der Waals surface area (Å²) in [6.45, 7) is 0. The third kappa shape index (κ3) is 4.27. The van der Waals surface area contributed by atoms with Crippen LogP contribution in [0, 0.1) is 0 Å². The molecule has 0 aliphatic carbocycles. The number of benzene rings is 1. The standard InChI is InChI=1S/C18H16O3S2/c19-14-7-5-13(6-8-14)18(23-12-15-3-1-9-21-15)11-16(20)17-4-2-10-22-17/h1-10,18-19H,11-12H2/t18-/m0/s1. The van der Waals surface area contributed by atoms with E-state index in [2.05, 4.69) is 0 Å². The molecule has 3 nitrogen and oxygen atoms in total. The first kappa shape index (κ1) is 15.9. The maximum Gasteiger partial charge on any atom is 0.174 e. The first-order valence-electron chi connectivity index (χ1n) is 7.22. The lowest BCUT2D eigenvalue weighted by Crippen LogP contribution is -2.04. The van der Waals surface area contributed by atoms with Crippen molar-refractivity contribution >= 4 is 28.9 Å². The number of phenolic OH excluding ortho intramolecular Hbond substituents is 1. The highest BCUT2D eigenvalue weighted by Gasteiger charge is 2.19. The molecule has 0 unspecified atom stereocenters. The Morgan fingerprint density at radius 1 is 1.17 bits per heavy atom. The third-order valence-electron chi connectivity index (χ3n) is 3.44. The SMILES string of the molecule is O=C(C[C@H](SCc1ccco1)c1ccc(O)cc1)c1cccs1. The highest BCUT2D eigenvalue weighted by atomic mass is 32.2. The molecule has 0 radical (unpaired) electrons. The van der Waals surface area contributed by atoms with Crippen LogP contribution in [-0.4, -0.2) is 10.9 Å². The molecule has 0 saturated heterocycles. The van der Waals surface area contributed by atoms with Crippen molar-refractivity contribution in [3.05, 3.63) is 76.4 Å². The van der Waals surface area contributed by atoms with E-state index in [0.29, 0.717) is 12.2 Å². The number of thioether (sulfide) groups is 1. The number of thiophene rings is 1. The lowest BCUT2D eigenvalue weighted by molar-refractivity contribution is 0.0986. The van der Waals surface area contributed by atoms with E-state index in [-0.39, 0.29) is 16.8 Å². The Kier molecular flexibility index (Phi) is 5.20. The number of Topliss-reactive ketones (excluding diaryl/α,β-unsaturated/α-hetero) is 1. The predicted molar refractivity (Wildman–Crippen MR) is 94.1 cm³/mol. The van der Waals surface area contributed by atoms with Gasteiger partial charge in [-0.05, 0) is 41.3 Å². The Morgan fingerprint density at radius 3 is 2.65 bits per heavy atom. The van der Waals surface area contributed by atoms with Crippen molar-refractivity contribution in [2.75, 3.05) is 0 Å². The molecule has 0 aliphatic heterocycles. The Morgan fingerprint density at radius 2 is 2.00 bits per heavy atom. The molecule has 0 amide bonds. The van der Waals surface area contributed by atoms with E-state index >= 15 is 0 Å². The van der Waals surface area contributed by atoms with Crippen LogP contribution in [0.3, 0.4) is 0 Å². The van der Waals surface area contributed by atoms with Gasteiger partial charge in [-0.25, -0.2) is 0 Å². The molecule has 1 atom stereocenters. The number of carbonyl (C=O) groups is 1. The van der Waals surface area contributed by atoms with Crippen molar-refractivity contribution in [2.45, 2.75) is 17.4 Å². The molecule has 2 heterocycles. The summed E-state index contributed by atoms with van der Waals surface area (Å²) in [4.78, 5) is 13.2. The quantitative estimate of drug-likeness (QED) is 0.591. The average Bonchev–Trinajstić information content (AvgIpc) is 3.25. The molecule has 0 aliphatic rings. The van der Waals surface area contributed by atoms with Crippen molar-refractivity contribution < 1.29 is 14.3 Å². The molecular weight excluding hydrogens is 328 g/mol. The number of rotatable bonds is 7. The van der Waals surface area contributed by atoms with Gasteiger partial charge in [0.2, 0.25) is 0 Å². The molecule has 0 bridgehead atoms. The van der Waals surface area contributed by atoms with E-state index in [1.807, 2.05) is 41.8 Å². The van der Waals surface area contributed by atoms with Gasteiger partial charge in [-0.15, -0.1) is 23.1 Å². The van der Waals surface area contributed by atoms with Crippen molar-refractivity contribution in [1.82, 2.24) is 0 Å². The molecular formula is C18H16O3S2. The fourth-order valence-electron chi connectivity index (χ4n) is 2.25. The van der Waals surface area contributed by atoms with Crippen LogP contribution in [-0.2, 0) is 5.75 Å². The minimum Gasteiger partial charge on any atom is -0.508 e. The zero-order chi connectivity index (χ0) is 16.1. The van der Waals surface area contributed by atoms with Crippen LogP contribution in [0.2, 0.25) is 0 Å². The van der Waals surface area contributed by atoms with Crippen molar-refractivity contribution in [3.63, 3.8) is 0 Å². The summed E-state index contributed by atoms with van der Waals surface area (Å²) in [7, 11) is 0. The summed E-state index contributed by atoms with van der Waals surface area (Å²) >= 11 is 3.14. The predicted octanol–water partition coefficient (Wildman–Crippen LogP) is 5.29. The number of furan rings is 1. The van der Waals surface area contributed by atoms with Crippen LogP contribution < -0.4 is 0 Å². The van der Waals surface area contributed by atoms with Gasteiger partial charge in [0.1, 0.15) is 11.5 Å². The summed E-state index contributed by atoms with van der Waals surface area (Å²) in [5, 5.41) is 11.4. The molecule has 0 fully saturated rings. The Balaban J connectivity index is 1.74. The molecule has 2 aromatic heterocycles. The summed E-state index contributed by atoms with van der Waals surface area (Å²) in [6.07, 6.45) is 2.08. The number of phenols is 1. The van der Waals surface area contributed by atoms with Gasteiger partial charge in [0.05, 0.1) is 16.9 Å². The van der Waals surface area contributed by atoms with Crippen LogP contribution in [0.25, 0.3) is 0 Å². The average molecular weight is 344 g/mol. The summed E-state index contributed by atoms with van der Waals surface area (Å²) in [5.41, 5.74) is 1.03. The highest BCUT2D eigenvalue weighted by Crippen LogP contribution is 2.36. The molecule has 0 spiro atoms. The summed E-state index contributed by atoms with van der Waals surface area (Å²) in [5.74, 6) is 1.97. The Labute approximate surface area is 143 Å². The van der Waals surface area contributed by atoms with Crippen molar-refractivity contribution in [1.29, 1.82) is 0 Å². The minimum atomic E-state index is 0.0234. The van der Waals surface area contributed by atoms with E-state index in [4.69, 9.17) is 4.42 Å². The van der Waals surface area contributed by atoms with Crippen LogP contribution in [0.15, 0.2) is 64.6 Å². The number of hydrogen-bond donors (Lipinski definition) is 1. The first-order valence-corrected chi connectivity index (χ1v) is 9.15. The zero-order valence-electron chi connectivity index (χ0n) is 12.3. The molecule has 118 valence electrons. The maximum absolute atomic E-state index is 12.4. The molecule has 1 N–H and O–H groups in total. The van der Waals surface area contributed by atoms with Gasteiger partial charge in [0.15, 0.2) is 5.78 Å². The second-order valence-electron chi connectivity index (χ2n) is 5.08. The van der Waals surface area contributed by atoms with Gasteiger partial charge >= 0.3 is 0 Å². The van der Waals surface area contributed by atoms with E-state index in [9.17, 15) is 9.90 Å². The maximum atomic E-state index is 12.4. The van der Waals surface area contributed by atoms with Gasteiger partial charge in [-0.2, -0.15) is 0 Å². The molecule has 23 heavy (non-hydrogen) atoms. The monoisotopic (exact) mass is 344 g/mol. The van der Waals surface area contributed by atoms with Gasteiger partial charge < -0.3 is 9.52 Å². The number of ketones is 1. The van der Waals surface area contributed by atoms with Crippen LogP contribution in [0.1, 0.15) is 32.7 Å². The largest absolute Gasteiger partial charge is 0.508 e. The van der Waals surface area contributed by atoms with E-state index < -0.39 is 0 Å². The van der Waals surface area contributed by atoms with Gasteiger partial charge in [-0.3, -0.25) is 4.79 Å². The number of aromatic hydroxyl groups is 1. The minimum absolute atomic E-state index is 0.0234. The fraction of sp³-hybridized carbons (Fsp3) is 0.167. The van der Waals surface area contributed by atoms with E-state index in [1.165, 1.54) is 11.3 Å². The molecule has 5 heteroatoms. The third-order valence-corrected chi connectivity index (χ3v) is 5.64. The lowest BCUT2D eigenvalue weighted by Gasteiger charge is -2.16. The zero-order valence-corrected chi connectivity index (χ0v) is 14.0. The van der Waals surface area contributed by atoms with Gasteiger partial charge in [0, 0.05) is 11.7 Å². The normalized spacial score (nSPS) is 12.2. The molecule has 3 aromatic rings. The van der Waals surface area contributed by atoms with E-state index in [0.717, 1.165) is 16.2 Å². The smallest absolute Gasteiger partial charge is 0.174 e. The summed E-state index contributed by atoms with van der Waals surface area (Å²) in [6, 6.07) is 14.6. The molecule has 1 aromatic carbocycles. The van der Waals surface area contributed by atoms with Crippen molar-refractivity contribution in [3.8, 4) is 5.75 Å². The van der Waals surface area contributed by atoms with Crippen LogP contribution >= 0.6 is 23.1 Å². The fourth-order valence-corrected chi connectivity index (χ4v) is 4.07. The Bertz CT molecular complexity index is 731. The summed E-state index contributed by atoms with van der Waals surface area (Å²) < 4.78 is 5.37. The first-order chi connectivity index (χ1) is 11.2. The number of hydrogen-bond acceptors (Lipinski definition) is 5. The molecule has 3 rings (SSSR count). The molecule has 0 saturated carbocycles. The van der Waals surface area contributed by atoms with Gasteiger partial charge in [0.25, 0.3) is 0 Å². The highest BCUT2D eigenvalue weighted by molar-refractivity contribution is 7.98. The second kappa shape index (κ2) is 7.53. The lowest BCUT2D eigenvalue weighted by atomic mass is 10.1. The van der Waals surface area contributed by atoms with Crippen LogP contribution in [0.4, 0.5) is 0 Å². The van der Waals surface area contributed by atoms with E-state index in [1.54, 1.807) is 30.2 Å². The van der Waals surface area contributed by atoms with Gasteiger partial charge in [-0.1, -0.05) is 18.2 Å². The van der Waals surface area contributed by atoms with Crippen LogP contribution in [0.5, 0.6) is 5.75 Å². The van der Waals surface area contributed by atoms with Crippen molar-refractivity contribution in [2.24, 2.45) is 0 Å². The Hall–Kier alpha value is -1.98. The number of carbonyl (C=O) groups excluding carboxylic acids is 1.